The number of anilines is 1. The van der Waals surface area contributed by atoms with E-state index in [9.17, 15) is 19.7 Å². The third-order valence-corrected chi connectivity index (χ3v) is 2.50. The second kappa shape index (κ2) is 6.50. The summed E-state index contributed by atoms with van der Waals surface area (Å²) >= 11 is 0. The van der Waals surface area contributed by atoms with Crippen LogP contribution in [0.5, 0.6) is 0 Å². The Bertz CT molecular complexity index is 542. The van der Waals surface area contributed by atoms with Gasteiger partial charge in [0.05, 0.1) is 11.3 Å². The highest BCUT2D eigenvalue weighted by molar-refractivity contribution is 5.95. The van der Waals surface area contributed by atoms with E-state index in [0.29, 0.717) is 5.56 Å². The van der Waals surface area contributed by atoms with Crippen LogP contribution in [-0.2, 0) is 4.79 Å². The molecular weight excluding hydrogens is 266 g/mol. The molecule has 1 amide bonds. The van der Waals surface area contributed by atoms with Gasteiger partial charge in [0.25, 0.3) is 11.6 Å². The maximum Gasteiger partial charge on any atom is 0.305 e. The van der Waals surface area contributed by atoms with Crippen LogP contribution in [0.4, 0.5) is 11.4 Å². The third kappa shape index (κ3) is 3.94. The maximum atomic E-state index is 11.8. The van der Waals surface area contributed by atoms with Gasteiger partial charge in [0.1, 0.15) is 5.69 Å². The highest BCUT2D eigenvalue weighted by Crippen LogP contribution is 2.25. The summed E-state index contributed by atoms with van der Waals surface area (Å²) < 4.78 is 0. The molecule has 0 spiro atoms. The summed E-state index contributed by atoms with van der Waals surface area (Å²) in [6, 6.07) is 3.94. The van der Waals surface area contributed by atoms with Gasteiger partial charge >= 0.3 is 5.97 Å². The molecule has 0 heterocycles. The number of aliphatic carboxylic acids is 1. The zero-order valence-corrected chi connectivity index (χ0v) is 11.1. The van der Waals surface area contributed by atoms with Crippen LogP contribution in [0.3, 0.4) is 0 Å². The quantitative estimate of drug-likeness (QED) is 0.598. The van der Waals surface area contributed by atoms with Gasteiger partial charge in [-0.25, -0.2) is 0 Å². The molecule has 0 aromatic heterocycles. The van der Waals surface area contributed by atoms with E-state index in [-0.39, 0.29) is 30.2 Å². The summed E-state index contributed by atoms with van der Waals surface area (Å²) in [5.41, 5.74) is 0.216. The fourth-order valence-corrected chi connectivity index (χ4v) is 1.53. The second-order valence-electron chi connectivity index (χ2n) is 4.26. The van der Waals surface area contributed by atoms with E-state index >= 15 is 0 Å². The first-order valence-corrected chi connectivity index (χ1v) is 5.78. The zero-order valence-electron chi connectivity index (χ0n) is 11.1. The molecule has 8 nitrogen and oxygen atoms in total. The third-order valence-electron chi connectivity index (χ3n) is 2.50. The molecule has 0 radical (unpaired) electrons. The molecule has 0 fully saturated rings. The lowest BCUT2D eigenvalue weighted by Gasteiger charge is -2.12. The maximum absolute atomic E-state index is 11.8. The van der Waals surface area contributed by atoms with Crippen LogP contribution in [-0.4, -0.2) is 47.4 Å². The number of carbonyl (C=O) groups excluding carboxylic acids is 1. The highest BCUT2D eigenvalue weighted by Gasteiger charge is 2.17. The van der Waals surface area contributed by atoms with Gasteiger partial charge < -0.3 is 15.3 Å². The molecule has 0 saturated carbocycles. The summed E-state index contributed by atoms with van der Waals surface area (Å²) in [6.07, 6.45) is -0.178. The van der Waals surface area contributed by atoms with E-state index in [1.807, 2.05) is 0 Å². The Morgan fingerprint density at radius 3 is 2.55 bits per heavy atom. The fourth-order valence-electron chi connectivity index (χ4n) is 1.53. The number of rotatable bonds is 6. The van der Waals surface area contributed by atoms with Crippen LogP contribution in [0, 0.1) is 10.1 Å². The lowest BCUT2D eigenvalue weighted by molar-refractivity contribution is -0.384. The Hall–Kier alpha value is -2.64. The van der Waals surface area contributed by atoms with E-state index in [1.165, 1.54) is 23.1 Å². The molecule has 0 unspecified atom stereocenters. The Morgan fingerprint density at radius 1 is 1.40 bits per heavy atom. The summed E-state index contributed by atoms with van der Waals surface area (Å²) in [5, 5.41) is 22.1. The number of carbonyl (C=O) groups is 2. The van der Waals surface area contributed by atoms with Gasteiger partial charge in [-0.1, -0.05) is 0 Å². The molecule has 0 aliphatic heterocycles. The predicted molar refractivity (Wildman–Crippen MR) is 71.9 cm³/mol. The van der Waals surface area contributed by atoms with Crippen LogP contribution < -0.4 is 5.32 Å². The van der Waals surface area contributed by atoms with E-state index in [1.54, 1.807) is 14.1 Å². The van der Waals surface area contributed by atoms with Crippen molar-refractivity contribution in [2.45, 2.75) is 6.42 Å². The lowest BCUT2D eigenvalue weighted by Crippen LogP contribution is -2.22. The largest absolute Gasteiger partial charge is 0.481 e. The second-order valence-corrected chi connectivity index (χ2v) is 4.26. The summed E-state index contributed by atoms with van der Waals surface area (Å²) in [4.78, 5) is 33.9. The number of nitrogens with one attached hydrogen (secondary N) is 1. The predicted octanol–water partition coefficient (Wildman–Crippen LogP) is 1.18. The molecule has 1 aromatic carbocycles. The number of hydrogen-bond donors (Lipinski definition) is 2. The number of nitrogens with zero attached hydrogens (tertiary/aromatic N) is 2. The zero-order chi connectivity index (χ0) is 15.3. The standard InChI is InChI=1S/C12H15N3O5/c1-14(2)12(18)8-3-4-10(15(19)20)9(7-8)13-6-5-11(16)17/h3-4,7,13H,5-6H2,1-2H3,(H,16,17). The van der Waals surface area contributed by atoms with E-state index in [2.05, 4.69) is 5.32 Å². The SMILES string of the molecule is CN(C)C(=O)c1ccc([N+](=O)[O-])c(NCCC(=O)O)c1. The Morgan fingerprint density at radius 2 is 2.05 bits per heavy atom. The molecule has 20 heavy (non-hydrogen) atoms. The molecule has 0 aliphatic rings. The molecule has 1 aromatic rings. The smallest absolute Gasteiger partial charge is 0.305 e. The van der Waals surface area contributed by atoms with E-state index in [4.69, 9.17) is 5.11 Å². The van der Waals surface area contributed by atoms with Gasteiger partial charge in [0.2, 0.25) is 0 Å². The first-order valence-electron chi connectivity index (χ1n) is 5.78. The minimum Gasteiger partial charge on any atom is -0.481 e. The number of carboxylic acids is 1. The van der Waals surface area contributed by atoms with Crippen molar-refractivity contribution >= 4 is 23.3 Å². The number of nitro benzene ring substituents is 1. The summed E-state index contributed by atoms with van der Waals surface area (Å²) in [7, 11) is 3.14. The van der Waals surface area contributed by atoms with Crippen molar-refractivity contribution in [2.24, 2.45) is 0 Å². The van der Waals surface area contributed by atoms with Crippen LogP contribution >= 0.6 is 0 Å². The molecule has 0 bridgehead atoms. The Labute approximate surface area is 115 Å². The number of nitro groups is 1. The first kappa shape index (κ1) is 15.4. The minimum atomic E-state index is -1.01. The van der Waals surface area contributed by atoms with E-state index < -0.39 is 10.9 Å². The van der Waals surface area contributed by atoms with Crippen molar-refractivity contribution in [2.75, 3.05) is 26.0 Å². The van der Waals surface area contributed by atoms with Crippen molar-refractivity contribution in [3.05, 3.63) is 33.9 Å². The topological polar surface area (TPSA) is 113 Å². The first-order chi connectivity index (χ1) is 9.32. The van der Waals surface area contributed by atoms with E-state index in [0.717, 1.165) is 0 Å². The molecule has 0 atom stereocenters. The monoisotopic (exact) mass is 281 g/mol. The van der Waals surface area contributed by atoms with Crippen molar-refractivity contribution in [3.8, 4) is 0 Å². The molecule has 2 N–H and O–H groups in total. The van der Waals surface area contributed by atoms with Gasteiger partial charge in [0, 0.05) is 32.3 Å². The van der Waals surface area contributed by atoms with Crippen LogP contribution in [0.15, 0.2) is 18.2 Å². The molecule has 0 saturated heterocycles. The van der Waals surface area contributed by atoms with Gasteiger partial charge in [0.15, 0.2) is 0 Å². The molecule has 1 rings (SSSR count). The van der Waals surface area contributed by atoms with Crippen molar-refractivity contribution in [1.82, 2.24) is 4.90 Å². The van der Waals surface area contributed by atoms with Crippen molar-refractivity contribution in [3.63, 3.8) is 0 Å². The van der Waals surface area contributed by atoms with Gasteiger partial charge in [-0.15, -0.1) is 0 Å². The Kier molecular flexibility index (Phi) is 5.01. The molecule has 108 valence electrons. The molecule has 8 heteroatoms. The van der Waals surface area contributed by atoms with Gasteiger partial charge in [-0.2, -0.15) is 0 Å². The van der Waals surface area contributed by atoms with Crippen LogP contribution in [0.2, 0.25) is 0 Å². The van der Waals surface area contributed by atoms with Crippen molar-refractivity contribution in [1.29, 1.82) is 0 Å². The fraction of sp³-hybridized carbons (Fsp3) is 0.333. The summed E-state index contributed by atoms with van der Waals surface area (Å²) in [6.45, 7) is 0.0375. The van der Waals surface area contributed by atoms with Crippen molar-refractivity contribution < 1.29 is 19.6 Å². The number of hydrogen-bond acceptors (Lipinski definition) is 5. The number of benzene rings is 1. The van der Waals surface area contributed by atoms with Gasteiger partial charge in [-0.3, -0.25) is 19.7 Å². The lowest BCUT2D eigenvalue weighted by atomic mass is 10.1. The van der Waals surface area contributed by atoms with Crippen LogP contribution in [0.25, 0.3) is 0 Å². The van der Waals surface area contributed by atoms with Crippen LogP contribution in [0.1, 0.15) is 16.8 Å². The highest BCUT2D eigenvalue weighted by atomic mass is 16.6. The normalized spacial score (nSPS) is 9.90. The number of carboxylic acid groups (broad SMARTS) is 1. The van der Waals surface area contributed by atoms with Gasteiger partial charge in [-0.05, 0) is 12.1 Å². The Balaban J connectivity index is 3.02. The molecular formula is C12H15N3O5. The minimum absolute atomic E-state index is 0.0375. The molecule has 0 aliphatic carbocycles. The average Bonchev–Trinajstić information content (AvgIpc) is 2.36. The number of amides is 1. The summed E-state index contributed by atoms with van der Waals surface area (Å²) in [5.74, 6) is -1.30. The average molecular weight is 281 g/mol.